The van der Waals surface area contributed by atoms with Crippen LogP contribution in [0.25, 0.3) is 0 Å². The second kappa shape index (κ2) is 9.52. The predicted molar refractivity (Wildman–Crippen MR) is 132 cm³/mol. The molecule has 5 heteroatoms. The number of aliphatic carboxylic acids is 1. The molecule has 0 spiro atoms. The summed E-state index contributed by atoms with van der Waals surface area (Å²) < 4.78 is 0. The third-order valence-electron chi connectivity index (χ3n) is 8.60. The molecule has 1 heterocycles. The second-order valence-corrected chi connectivity index (χ2v) is 10.9. The van der Waals surface area contributed by atoms with Crippen molar-refractivity contribution < 1.29 is 9.90 Å². The summed E-state index contributed by atoms with van der Waals surface area (Å²) in [5, 5.41) is 23.0. The number of carbonyl (C=O) groups is 1. The highest BCUT2D eigenvalue weighted by Gasteiger charge is 2.47. The zero-order valence-electron chi connectivity index (χ0n) is 19.9. The molecule has 2 aromatic rings. The Kier molecular flexibility index (Phi) is 6.46. The first kappa shape index (κ1) is 23.1. The van der Waals surface area contributed by atoms with E-state index in [2.05, 4.69) is 52.7 Å². The van der Waals surface area contributed by atoms with Crippen LogP contribution in [-0.4, -0.2) is 48.2 Å². The third kappa shape index (κ3) is 4.89. The number of likely N-dealkylation sites (tertiary alicyclic amines) is 1. The van der Waals surface area contributed by atoms with Gasteiger partial charge in [-0.15, -0.1) is 0 Å². The molecule has 1 saturated heterocycles. The summed E-state index contributed by atoms with van der Waals surface area (Å²) in [6.45, 7) is 3.55. The van der Waals surface area contributed by atoms with Crippen molar-refractivity contribution in [2.24, 2.45) is 10.8 Å². The van der Waals surface area contributed by atoms with Crippen LogP contribution in [0.4, 0.5) is 0 Å². The number of carboxylic acids is 1. The van der Waals surface area contributed by atoms with Gasteiger partial charge in [-0.05, 0) is 80.3 Å². The van der Waals surface area contributed by atoms with Crippen molar-refractivity contribution in [3.05, 3.63) is 71.3 Å². The number of nitrogens with one attached hydrogen (secondary N) is 1. The van der Waals surface area contributed by atoms with Crippen LogP contribution in [0, 0.1) is 22.2 Å². The van der Waals surface area contributed by atoms with E-state index in [1.807, 2.05) is 18.2 Å². The molecule has 2 aromatic carbocycles. The van der Waals surface area contributed by atoms with Gasteiger partial charge in [0.2, 0.25) is 0 Å². The summed E-state index contributed by atoms with van der Waals surface area (Å²) in [6, 6.07) is 21.6. The van der Waals surface area contributed by atoms with E-state index in [4.69, 9.17) is 0 Å². The minimum absolute atomic E-state index is 0.129. The molecular formula is C29H35N3O2. The third-order valence-corrected chi connectivity index (χ3v) is 8.60. The molecule has 0 aromatic heterocycles. The smallest absolute Gasteiger partial charge is 0.310 e. The normalized spacial score (nSPS) is 25.1. The largest absolute Gasteiger partial charge is 0.481 e. The van der Waals surface area contributed by atoms with Gasteiger partial charge >= 0.3 is 5.97 Å². The van der Waals surface area contributed by atoms with Crippen molar-refractivity contribution in [3.8, 4) is 6.07 Å². The van der Waals surface area contributed by atoms with Gasteiger partial charge in [0.15, 0.2) is 0 Å². The molecule has 5 rings (SSSR count). The summed E-state index contributed by atoms with van der Waals surface area (Å²) in [5.74, 6) is -0.0134. The van der Waals surface area contributed by atoms with Crippen LogP contribution in [0.15, 0.2) is 54.6 Å². The van der Waals surface area contributed by atoms with E-state index in [1.165, 1.54) is 17.5 Å². The average Bonchev–Trinajstić information content (AvgIpc) is 3.62. The van der Waals surface area contributed by atoms with Gasteiger partial charge in [-0.1, -0.05) is 48.9 Å². The zero-order chi connectivity index (χ0) is 23.6. The summed E-state index contributed by atoms with van der Waals surface area (Å²) in [6.07, 6.45) is 6.91. The lowest BCUT2D eigenvalue weighted by Gasteiger charge is -2.47. The van der Waals surface area contributed by atoms with Gasteiger partial charge in [-0.2, -0.15) is 5.26 Å². The average molecular weight is 458 g/mol. The molecule has 34 heavy (non-hydrogen) atoms. The Labute approximate surface area is 202 Å². The van der Waals surface area contributed by atoms with Crippen LogP contribution in [0.2, 0.25) is 0 Å². The lowest BCUT2D eigenvalue weighted by Crippen LogP contribution is -2.52. The highest BCUT2D eigenvalue weighted by molar-refractivity contribution is 5.76. The molecule has 1 aliphatic heterocycles. The standard InChI is InChI=1S/C29H35N3O2/c30-19-23-7-4-6-22(16-23)18-28(20-31-26-17-25(26)24-8-2-1-3-9-24)12-14-32(15-13-28)21-29(27(33)34)10-5-11-29/h1-4,6-9,16,25-26,31H,5,10-15,17-18,20-21H2,(H,33,34)/t25-,26+/m0/s1. The van der Waals surface area contributed by atoms with Gasteiger partial charge in [0.1, 0.15) is 0 Å². The van der Waals surface area contributed by atoms with E-state index in [9.17, 15) is 15.2 Å². The first-order chi connectivity index (χ1) is 16.5. The molecule has 2 saturated carbocycles. The first-order valence-corrected chi connectivity index (χ1v) is 12.7. The van der Waals surface area contributed by atoms with Crippen molar-refractivity contribution in [1.82, 2.24) is 10.2 Å². The Morgan fingerprint density at radius 3 is 2.50 bits per heavy atom. The Balaban J connectivity index is 1.25. The number of benzene rings is 2. The van der Waals surface area contributed by atoms with Crippen LogP contribution >= 0.6 is 0 Å². The fourth-order valence-electron chi connectivity index (χ4n) is 6.09. The Morgan fingerprint density at radius 2 is 1.85 bits per heavy atom. The van der Waals surface area contributed by atoms with E-state index >= 15 is 0 Å². The van der Waals surface area contributed by atoms with Gasteiger partial charge in [0, 0.05) is 25.0 Å². The van der Waals surface area contributed by atoms with E-state index in [-0.39, 0.29) is 5.41 Å². The number of rotatable bonds is 9. The number of carboxylic acid groups (broad SMARTS) is 1. The van der Waals surface area contributed by atoms with Gasteiger partial charge in [-0.3, -0.25) is 4.79 Å². The number of hydrogen-bond donors (Lipinski definition) is 2. The lowest BCUT2D eigenvalue weighted by atomic mass is 9.67. The highest BCUT2D eigenvalue weighted by atomic mass is 16.4. The van der Waals surface area contributed by atoms with E-state index in [0.29, 0.717) is 18.5 Å². The minimum atomic E-state index is -0.619. The maximum absolute atomic E-state index is 11.9. The Bertz CT molecular complexity index is 1050. The summed E-state index contributed by atoms with van der Waals surface area (Å²) >= 11 is 0. The van der Waals surface area contributed by atoms with Crippen molar-refractivity contribution in [2.75, 3.05) is 26.2 Å². The summed E-state index contributed by atoms with van der Waals surface area (Å²) in [7, 11) is 0. The predicted octanol–water partition coefficient (Wildman–Crippen LogP) is 4.58. The van der Waals surface area contributed by atoms with E-state index in [0.717, 1.165) is 63.7 Å². The molecule has 178 valence electrons. The van der Waals surface area contributed by atoms with Crippen LogP contribution < -0.4 is 5.32 Å². The minimum Gasteiger partial charge on any atom is -0.481 e. The quantitative estimate of drug-likeness (QED) is 0.576. The monoisotopic (exact) mass is 457 g/mol. The Morgan fingerprint density at radius 1 is 1.09 bits per heavy atom. The SMILES string of the molecule is N#Cc1cccc(CC2(CN[C@@H]3C[C@H]3c3ccccc3)CCN(CC3(C(=O)O)CCC3)CC2)c1. The molecule has 2 aliphatic carbocycles. The van der Waals surface area contributed by atoms with Crippen molar-refractivity contribution in [2.45, 2.75) is 56.9 Å². The number of nitrogens with zero attached hydrogens (tertiary/aromatic N) is 2. The van der Waals surface area contributed by atoms with Gasteiger partial charge in [-0.25, -0.2) is 0 Å². The number of hydrogen-bond acceptors (Lipinski definition) is 4. The molecular weight excluding hydrogens is 422 g/mol. The molecule has 0 unspecified atom stereocenters. The van der Waals surface area contributed by atoms with Crippen LogP contribution in [-0.2, 0) is 11.2 Å². The van der Waals surface area contributed by atoms with Gasteiger partial charge in [0.05, 0.1) is 17.0 Å². The zero-order valence-corrected chi connectivity index (χ0v) is 19.9. The second-order valence-electron chi connectivity index (χ2n) is 10.9. The summed E-state index contributed by atoms with van der Waals surface area (Å²) in [5.41, 5.74) is 2.98. The van der Waals surface area contributed by atoms with E-state index in [1.54, 1.807) is 0 Å². The lowest BCUT2D eigenvalue weighted by molar-refractivity contribution is -0.156. The molecule has 3 aliphatic rings. The molecule has 2 N–H and O–H groups in total. The summed E-state index contributed by atoms with van der Waals surface area (Å²) in [4.78, 5) is 14.3. The van der Waals surface area contributed by atoms with Crippen LogP contribution in [0.5, 0.6) is 0 Å². The molecule has 3 fully saturated rings. The topological polar surface area (TPSA) is 76.4 Å². The molecule has 0 amide bonds. The van der Waals surface area contributed by atoms with Crippen molar-refractivity contribution in [3.63, 3.8) is 0 Å². The molecule has 5 nitrogen and oxygen atoms in total. The fourth-order valence-corrected chi connectivity index (χ4v) is 6.09. The Hall–Kier alpha value is -2.68. The van der Waals surface area contributed by atoms with Crippen molar-refractivity contribution >= 4 is 5.97 Å². The molecule has 0 bridgehead atoms. The highest BCUT2D eigenvalue weighted by Crippen LogP contribution is 2.45. The first-order valence-electron chi connectivity index (χ1n) is 12.7. The van der Waals surface area contributed by atoms with Crippen LogP contribution in [0.3, 0.4) is 0 Å². The van der Waals surface area contributed by atoms with Crippen LogP contribution in [0.1, 0.15) is 61.1 Å². The maximum atomic E-state index is 11.9. The molecule has 2 atom stereocenters. The number of piperidine rings is 1. The van der Waals surface area contributed by atoms with E-state index < -0.39 is 11.4 Å². The fraction of sp³-hybridized carbons (Fsp3) is 0.517. The number of nitriles is 1. The van der Waals surface area contributed by atoms with Crippen molar-refractivity contribution in [1.29, 1.82) is 5.26 Å². The maximum Gasteiger partial charge on any atom is 0.310 e. The van der Waals surface area contributed by atoms with Gasteiger partial charge in [0.25, 0.3) is 0 Å². The van der Waals surface area contributed by atoms with Gasteiger partial charge < -0.3 is 15.3 Å². The molecule has 0 radical (unpaired) electrons.